The van der Waals surface area contributed by atoms with Gasteiger partial charge in [-0.3, -0.25) is 4.79 Å². The molecule has 0 N–H and O–H groups in total. The van der Waals surface area contributed by atoms with Crippen molar-refractivity contribution in [3.05, 3.63) is 108 Å². The summed E-state index contributed by atoms with van der Waals surface area (Å²) >= 11 is 0. The quantitative estimate of drug-likeness (QED) is 0.529. The Labute approximate surface area is 158 Å². The van der Waals surface area contributed by atoms with Crippen molar-refractivity contribution in [1.82, 2.24) is 14.3 Å². The molecule has 0 saturated carbocycles. The number of carbonyl (C=O) groups is 1. The third-order valence-electron chi connectivity index (χ3n) is 4.55. The summed E-state index contributed by atoms with van der Waals surface area (Å²) in [6.07, 6.45) is 3.74. The highest BCUT2D eigenvalue weighted by Crippen LogP contribution is 2.15. The van der Waals surface area contributed by atoms with Crippen molar-refractivity contribution < 1.29 is 4.79 Å². The Bertz CT molecular complexity index is 1010. The molecule has 0 radical (unpaired) electrons. The highest BCUT2D eigenvalue weighted by Gasteiger charge is 2.19. The van der Waals surface area contributed by atoms with Gasteiger partial charge in [-0.1, -0.05) is 60.7 Å². The van der Waals surface area contributed by atoms with Gasteiger partial charge in [0.15, 0.2) is 0 Å². The van der Waals surface area contributed by atoms with Crippen molar-refractivity contribution >= 4 is 11.6 Å². The van der Waals surface area contributed by atoms with Gasteiger partial charge in [0.2, 0.25) is 0 Å². The minimum absolute atomic E-state index is 0.0657. The van der Waals surface area contributed by atoms with Crippen LogP contribution in [0.2, 0.25) is 0 Å². The number of fused-ring (bicyclic) bond motifs is 1. The van der Waals surface area contributed by atoms with E-state index in [0.29, 0.717) is 18.8 Å². The van der Waals surface area contributed by atoms with Crippen molar-refractivity contribution in [2.45, 2.75) is 20.0 Å². The van der Waals surface area contributed by atoms with Gasteiger partial charge in [-0.05, 0) is 35.7 Å². The number of hydrogen-bond acceptors (Lipinski definition) is 2. The summed E-state index contributed by atoms with van der Waals surface area (Å²) in [5, 5.41) is 0. The number of benzene rings is 2. The van der Waals surface area contributed by atoms with E-state index in [-0.39, 0.29) is 5.91 Å². The zero-order chi connectivity index (χ0) is 18.6. The van der Waals surface area contributed by atoms with Crippen LogP contribution in [0.4, 0.5) is 0 Å². The standard InChI is InChI=1S/C23H21N3O/c1-18-12-13-25-17-21(24-22(25)14-18)23(27)26(15-19-8-4-2-5-9-19)16-20-10-6-3-7-11-20/h2-14,17H,15-16H2,1H3. The van der Waals surface area contributed by atoms with Crippen molar-refractivity contribution in [1.29, 1.82) is 0 Å². The first kappa shape index (κ1) is 17.0. The van der Waals surface area contributed by atoms with E-state index in [1.165, 1.54) is 0 Å². The molecular weight excluding hydrogens is 334 g/mol. The lowest BCUT2D eigenvalue weighted by atomic mass is 10.1. The molecule has 0 aliphatic carbocycles. The van der Waals surface area contributed by atoms with E-state index < -0.39 is 0 Å². The lowest BCUT2D eigenvalue weighted by Crippen LogP contribution is -2.30. The number of pyridine rings is 1. The van der Waals surface area contributed by atoms with Crippen molar-refractivity contribution in [2.24, 2.45) is 0 Å². The number of aryl methyl sites for hydroxylation is 1. The van der Waals surface area contributed by atoms with Gasteiger partial charge in [-0.15, -0.1) is 0 Å². The second-order valence-electron chi connectivity index (χ2n) is 6.73. The number of amides is 1. The van der Waals surface area contributed by atoms with Gasteiger partial charge in [-0.25, -0.2) is 4.98 Å². The highest BCUT2D eigenvalue weighted by atomic mass is 16.2. The van der Waals surface area contributed by atoms with E-state index in [4.69, 9.17) is 0 Å². The van der Waals surface area contributed by atoms with Crippen LogP contribution in [-0.4, -0.2) is 20.2 Å². The first-order valence-electron chi connectivity index (χ1n) is 9.01. The Kier molecular flexibility index (Phi) is 4.71. The Morgan fingerprint density at radius 2 is 1.52 bits per heavy atom. The van der Waals surface area contributed by atoms with E-state index >= 15 is 0 Å². The summed E-state index contributed by atoms with van der Waals surface area (Å²) in [4.78, 5) is 19.7. The summed E-state index contributed by atoms with van der Waals surface area (Å²) in [7, 11) is 0. The third-order valence-corrected chi connectivity index (χ3v) is 4.55. The highest BCUT2D eigenvalue weighted by molar-refractivity contribution is 5.92. The maximum atomic E-state index is 13.3. The lowest BCUT2D eigenvalue weighted by Gasteiger charge is -2.22. The number of aromatic nitrogens is 2. The molecule has 0 unspecified atom stereocenters. The maximum absolute atomic E-state index is 13.3. The van der Waals surface area contributed by atoms with E-state index in [9.17, 15) is 4.79 Å². The molecule has 134 valence electrons. The minimum Gasteiger partial charge on any atom is -0.329 e. The second-order valence-corrected chi connectivity index (χ2v) is 6.73. The number of carbonyl (C=O) groups excluding carboxylic acids is 1. The molecule has 2 aromatic heterocycles. The van der Waals surface area contributed by atoms with Crippen LogP contribution in [-0.2, 0) is 13.1 Å². The van der Waals surface area contributed by atoms with Crippen LogP contribution in [0.15, 0.2) is 85.2 Å². The van der Waals surface area contributed by atoms with Gasteiger partial charge in [0, 0.05) is 25.5 Å². The van der Waals surface area contributed by atoms with Gasteiger partial charge in [0.1, 0.15) is 11.3 Å². The molecule has 0 fully saturated rings. The van der Waals surface area contributed by atoms with E-state index in [1.807, 2.05) is 95.2 Å². The second kappa shape index (κ2) is 7.46. The van der Waals surface area contributed by atoms with Crippen LogP contribution in [0.5, 0.6) is 0 Å². The predicted octanol–water partition coefficient (Wildman–Crippen LogP) is 4.49. The normalized spacial score (nSPS) is 10.9. The fourth-order valence-electron chi connectivity index (χ4n) is 3.16. The molecule has 4 aromatic rings. The molecule has 2 aromatic carbocycles. The lowest BCUT2D eigenvalue weighted by molar-refractivity contribution is 0.0724. The summed E-state index contributed by atoms with van der Waals surface area (Å²) in [5.74, 6) is -0.0657. The number of imidazole rings is 1. The predicted molar refractivity (Wildman–Crippen MR) is 106 cm³/mol. The van der Waals surface area contributed by atoms with Crippen LogP contribution in [0.1, 0.15) is 27.2 Å². The molecule has 2 heterocycles. The average molecular weight is 355 g/mol. The van der Waals surface area contributed by atoms with Gasteiger partial charge < -0.3 is 9.30 Å². The molecule has 4 rings (SSSR count). The summed E-state index contributed by atoms with van der Waals surface area (Å²) in [5.41, 5.74) is 4.57. The fourth-order valence-corrected chi connectivity index (χ4v) is 3.16. The number of hydrogen-bond donors (Lipinski definition) is 0. The minimum atomic E-state index is -0.0657. The molecule has 0 atom stereocenters. The monoisotopic (exact) mass is 355 g/mol. The zero-order valence-corrected chi connectivity index (χ0v) is 15.2. The van der Waals surface area contributed by atoms with Crippen LogP contribution in [0.3, 0.4) is 0 Å². The maximum Gasteiger partial charge on any atom is 0.274 e. The first-order valence-corrected chi connectivity index (χ1v) is 9.01. The Hall–Kier alpha value is -3.40. The summed E-state index contributed by atoms with van der Waals surface area (Å²) in [6, 6.07) is 24.1. The van der Waals surface area contributed by atoms with Crippen LogP contribution in [0.25, 0.3) is 5.65 Å². The van der Waals surface area contributed by atoms with Gasteiger partial charge in [0.05, 0.1) is 0 Å². The van der Waals surface area contributed by atoms with Crippen LogP contribution < -0.4 is 0 Å². The van der Waals surface area contributed by atoms with Gasteiger partial charge >= 0.3 is 0 Å². The number of rotatable bonds is 5. The molecule has 4 nitrogen and oxygen atoms in total. The molecule has 27 heavy (non-hydrogen) atoms. The topological polar surface area (TPSA) is 37.6 Å². The fraction of sp³-hybridized carbons (Fsp3) is 0.130. The smallest absolute Gasteiger partial charge is 0.274 e. The average Bonchev–Trinajstić information content (AvgIpc) is 3.11. The Morgan fingerprint density at radius 3 is 2.11 bits per heavy atom. The molecule has 0 bridgehead atoms. The molecule has 0 aliphatic heterocycles. The molecule has 0 spiro atoms. The molecular formula is C23H21N3O. The van der Waals surface area contributed by atoms with Crippen molar-refractivity contribution in [3.8, 4) is 0 Å². The Balaban J connectivity index is 1.66. The Morgan fingerprint density at radius 1 is 0.926 bits per heavy atom. The van der Waals surface area contributed by atoms with E-state index in [1.54, 1.807) is 6.20 Å². The van der Waals surface area contributed by atoms with E-state index in [2.05, 4.69) is 4.98 Å². The largest absolute Gasteiger partial charge is 0.329 e. The summed E-state index contributed by atoms with van der Waals surface area (Å²) < 4.78 is 1.89. The zero-order valence-electron chi connectivity index (χ0n) is 15.2. The van der Waals surface area contributed by atoms with Crippen LogP contribution >= 0.6 is 0 Å². The third kappa shape index (κ3) is 3.90. The summed E-state index contributed by atoms with van der Waals surface area (Å²) in [6.45, 7) is 3.11. The van der Waals surface area contributed by atoms with Crippen molar-refractivity contribution in [2.75, 3.05) is 0 Å². The first-order chi connectivity index (χ1) is 13.2. The van der Waals surface area contributed by atoms with Crippen molar-refractivity contribution in [3.63, 3.8) is 0 Å². The molecule has 1 amide bonds. The van der Waals surface area contributed by atoms with Gasteiger partial charge in [-0.2, -0.15) is 0 Å². The van der Waals surface area contributed by atoms with E-state index in [0.717, 1.165) is 22.3 Å². The van der Waals surface area contributed by atoms with Gasteiger partial charge in [0.25, 0.3) is 5.91 Å². The number of nitrogens with zero attached hydrogens (tertiary/aromatic N) is 3. The van der Waals surface area contributed by atoms with Crippen LogP contribution in [0, 0.1) is 6.92 Å². The molecule has 0 saturated heterocycles. The molecule has 0 aliphatic rings. The molecule has 4 heteroatoms. The SMILES string of the molecule is Cc1ccn2cc(C(=O)N(Cc3ccccc3)Cc3ccccc3)nc2c1.